The molecule has 0 aliphatic heterocycles. The molecule has 0 saturated carbocycles. The largest absolute Gasteiger partial charge is 0.468 e. The molecule has 0 amide bonds. The molecular weight excluding hydrogens is 447 g/mol. The average molecular weight is 473 g/mol. The SMILES string of the molecule is CCCn1cc(-c2ncnc3oc(-c4ccccc4)cc23)c(-c2ccc(F)cc2)n1.CCOC=O. The smallest absolute Gasteiger partial charge is 0.293 e. The van der Waals surface area contributed by atoms with Crippen LogP contribution < -0.4 is 0 Å². The van der Waals surface area contributed by atoms with Crippen molar-refractivity contribution in [1.29, 1.82) is 0 Å². The first-order valence-electron chi connectivity index (χ1n) is 11.3. The number of benzene rings is 2. The third-order valence-electron chi connectivity index (χ3n) is 5.21. The lowest BCUT2D eigenvalue weighted by atomic mass is 10.0. The summed E-state index contributed by atoms with van der Waals surface area (Å²) in [5.41, 5.74) is 4.69. The molecule has 3 aromatic heterocycles. The first-order chi connectivity index (χ1) is 17.1. The summed E-state index contributed by atoms with van der Waals surface area (Å²) in [6.07, 6.45) is 4.44. The molecule has 35 heavy (non-hydrogen) atoms. The zero-order valence-electron chi connectivity index (χ0n) is 19.5. The van der Waals surface area contributed by atoms with E-state index in [0.29, 0.717) is 18.8 Å². The first kappa shape index (κ1) is 23.8. The number of hydrogen-bond donors (Lipinski definition) is 0. The number of rotatable bonds is 7. The maximum absolute atomic E-state index is 13.5. The Morgan fingerprint density at radius 2 is 1.77 bits per heavy atom. The van der Waals surface area contributed by atoms with Gasteiger partial charge in [-0.15, -0.1) is 0 Å². The van der Waals surface area contributed by atoms with E-state index in [1.165, 1.54) is 18.5 Å². The number of fused-ring (bicyclic) bond motifs is 1. The standard InChI is InChI=1S/C24H19FN4O.C3H6O2/c1-2-12-29-14-20(22(28-29)17-8-10-18(25)11-9-17)23-19-13-21(16-6-4-3-5-7-16)30-24(19)27-15-26-23;1-2-5-3-4/h3-11,13-15H,2,12H2,1H3;3H,2H2,1H3. The molecule has 0 aliphatic rings. The van der Waals surface area contributed by atoms with Gasteiger partial charge in [-0.25, -0.2) is 14.4 Å². The molecule has 0 atom stereocenters. The first-order valence-corrected chi connectivity index (χ1v) is 11.3. The number of carbonyl (C=O) groups excluding carboxylic acids is 1. The lowest BCUT2D eigenvalue weighted by Gasteiger charge is -2.03. The Labute approximate surface area is 202 Å². The van der Waals surface area contributed by atoms with E-state index < -0.39 is 0 Å². The van der Waals surface area contributed by atoms with Crippen LogP contribution in [-0.2, 0) is 16.1 Å². The number of hydrogen-bond acceptors (Lipinski definition) is 6. The third-order valence-corrected chi connectivity index (χ3v) is 5.21. The summed E-state index contributed by atoms with van der Waals surface area (Å²) in [6.45, 7) is 5.55. The van der Waals surface area contributed by atoms with Crippen molar-refractivity contribution in [1.82, 2.24) is 19.7 Å². The zero-order chi connectivity index (χ0) is 24.6. The van der Waals surface area contributed by atoms with E-state index in [0.717, 1.165) is 52.2 Å². The average Bonchev–Trinajstić information content (AvgIpc) is 3.51. The topological polar surface area (TPSA) is 83.0 Å². The van der Waals surface area contributed by atoms with Crippen LogP contribution in [0, 0.1) is 5.82 Å². The molecule has 0 unspecified atom stereocenters. The van der Waals surface area contributed by atoms with E-state index in [2.05, 4.69) is 21.6 Å². The Bertz CT molecular complexity index is 1400. The summed E-state index contributed by atoms with van der Waals surface area (Å²) < 4.78 is 25.5. The second-order valence-electron chi connectivity index (χ2n) is 7.63. The molecule has 0 N–H and O–H groups in total. The molecule has 178 valence electrons. The zero-order valence-corrected chi connectivity index (χ0v) is 19.5. The maximum atomic E-state index is 13.5. The quantitative estimate of drug-likeness (QED) is 0.264. The van der Waals surface area contributed by atoms with Crippen LogP contribution in [0.2, 0.25) is 0 Å². The van der Waals surface area contributed by atoms with Crippen LogP contribution in [0.3, 0.4) is 0 Å². The number of halogens is 1. The van der Waals surface area contributed by atoms with Crippen LogP contribution in [0.25, 0.3) is 44.9 Å². The van der Waals surface area contributed by atoms with Crippen molar-refractivity contribution in [3.05, 3.63) is 79.0 Å². The Kier molecular flexibility index (Phi) is 7.62. The molecule has 0 spiro atoms. The molecule has 7 nitrogen and oxygen atoms in total. The molecule has 5 rings (SSSR count). The molecule has 0 bridgehead atoms. The van der Waals surface area contributed by atoms with Gasteiger partial charge in [-0.05, 0) is 43.7 Å². The second kappa shape index (κ2) is 11.2. The Hall–Kier alpha value is -4.33. The van der Waals surface area contributed by atoms with Crippen molar-refractivity contribution in [2.24, 2.45) is 0 Å². The van der Waals surface area contributed by atoms with Crippen molar-refractivity contribution in [2.45, 2.75) is 26.8 Å². The van der Waals surface area contributed by atoms with E-state index in [9.17, 15) is 9.18 Å². The number of aryl methyl sites for hydroxylation is 1. The van der Waals surface area contributed by atoms with Gasteiger partial charge < -0.3 is 9.15 Å². The highest BCUT2D eigenvalue weighted by Gasteiger charge is 2.19. The monoisotopic (exact) mass is 472 g/mol. The molecule has 5 aromatic rings. The molecule has 0 fully saturated rings. The lowest BCUT2D eigenvalue weighted by molar-refractivity contribution is -0.128. The highest BCUT2D eigenvalue weighted by Crippen LogP contribution is 2.36. The fourth-order valence-electron chi connectivity index (χ4n) is 3.64. The van der Waals surface area contributed by atoms with Gasteiger partial charge in [0.15, 0.2) is 0 Å². The summed E-state index contributed by atoms with van der Waals surface area (Å²) in [7, 11) is 0. The van der Waals surface area contributed by atoms with Crippen LogP contribution in [0.15, 0.2) is 77.6 Å². The minimum absolute atomic E-state index is 0.278. The van der Waals surface area contributed by atoms with Crippen LogP contribution in [-0.4, -0.2) is 32.8 Å². The van der Waals surface area contributed by atoms with Crippen molar-refractivity contribution >= 4 is 17.6 Å². The molecule has 8 heteroatoms. The number of carbonyl (C=O) groups is 1. The van der Waals surface area contributed by atoms with Crippen LogP contribution in [0.5, 0.6) is 0 Å². The molecule has 0 saturated heterocycles. The van der Waals surface area contributed by atoms with Crippen molar-refractivity contribution in [3.8, 4) is 33.8 Å². The van der Waals surface area contributed by atoms with Gasteiger partial charge in [-0.2, -0.15) is 5.10 Å². The molecule has 0 aliphatic carbocycles. The van der Waals surface area contributed by atoms with Gasteiger partial charge in [0.25, 0.3) is 6.47 Å². The minimum Gasteiger partial charge on any atom is -0.468 e. The number of aromatic nitrogens is 4. The molecular formula is C27H25FN4O3. The van der Waals surface area contributed by atoms with Gasteiger partial charge in [-0.3, -0.25) is 9.48 Å². The van der Waals surface area contributed by atoms with E-state index in [4.69, 9.17) is 9.52 Å². The van der Waals surface area contributed by atoms with E-state index in [1.807, 2.05) is 47.3 Å². The fraction of sp³-hybridized carbons (Fsp3) is 0.185. The predicted molar refractivity (Wildman–Crippen MR) is 132 cm³/mol. The third kappa shape index (κ3) is 5.43. The fourth-order valence-corrected chi connectivity index (χ4v) is 3.64. The van der Waals surface area contributed by atoms with Gasteiger partial charge in [-0.1, -0.05) is 37.3 Å². The Morgan fingerprint density at radius 1 is 1.00 bits per heavy atom. The van der Waals surface area contributed by atoms with Gasteiger partial charge >= 0.3 is 0 Å². The summed E-state index contributed by atoms with van der Waals surface area (Å²) in [4.78, 5) is 18.1. The summed E-state index contributed by atoms with van der Waals surface area (Å²) >= 11 is 0. The predicted octanol–water partition coefficient (Wildman–Crippen LogP) is 6.15. The number of furan rings is 1. The summed E-state index contributed by atoms with van der Waals surface area (Å²) in [5.74, 6) is 0.455. The van der Waals surface area contributed by atoms with E-state index >= 15 is 0 Å². The van der Waals surface area contributed by atoms with Crippen molar-refractivity contribution in [2.75, 3.05) is 6.61 Å². The number of nitrogens with zero attached hydrogens (tertiary/aromatic N) is 4. The summed E-state index contributed by atoms with van der Waals surface area (Å²) in [5, 5.41) is 5.57. The highest BCUT2D eigenvalue weighted by atomic mass is 19.1. The van der Waals surface area contributed by atoms with Crippen LogP contribution in [0.4, 0.5) is 4.39 Å². The van der Waals surface area contributed by atoms with Gasteiger partial charge in [0.05, 0.1) is 17.7 Å². The Morgan fingerprint density at radius 3 is 2.43 bits per heavy atom. The van der Waals surface area contributed by atoms with Gasteiger partial charge in [0.2, 0.25) is 5.71 Å². The van der Waals surface area contributed by atoms with Gasteiger partial charge in [0.1, 0.15) is 23.6 Å². The van der Waals surface area contributed by atoms with Crippen molar-refractivity contribution in [3.63, 3.8) is 0 Å². The highest BCUT2D eigenvalue weighted by molar-refractivity contribution is 5.95. The molecule has 3 heterocycles. The van der Waals surface area contributed by atoms with Crippen LogP contribution >= 0.6 is 0 Å². The normalized spacial score (nSPS) is 10.6. The lowest BCUT2D eigenvalue weighted by Crippen LogP contribution is -1.96. The van der Waals surface area contributed by atoms with Crippen molar-refractivity contribution < 1.29 is 18.3 Å². The maximum Gasteiger partial charge on any atom is 0.293 e. The van der Waals surface area contributed by atoms with Gasteiger partial charge in [0, 0.05) is 29.4 Å². The van der Waals surface area contributed by atoms with E-state index in [1.54, 1.807) is 19.1 Å². The molecule has 0 radical (unpaired) electrons. The summed E-state index contributed by atoms with van der Waals surface area (Å²) in [6, 6.07) is 18.2. The minimum atomic E-state index is -0.278. The van der Waals surface area contributed by atoms with Crippen LogP contribution in [0.1, 0.15) is 20.3 Å². The molecule has 2 aromatic carbocycles. The van der Waals surface area contributed by atoms with E-state index in [-0.39, 0.29) is 5.82 Å². The second-order valence-corrected chi connectivity index (χ2v) is 7.63. The Balaban J connectivity index is 0.000000527. The number of ether oxygens (including phenoxy) is 1.